The second kappa shape index (κ2) is 7.17. The van der Waals surface area contributed by atoms with Crippen molar-refractivity contribution in [2.75, 3.05) is 24.5 Å². The number of hydrogen-bond acceptors (Lipinski definition) is 6. The molecule has 2 rings (SSSR count). The van der Waals surface area contributed by atoms with Gasteiger partial charge in [-0.25, -0.2) is 4.98 Å². The number of carbonyl (C=O) groups is 2. The molecule has 0 fully saturated rings. The highest BCUT2D eigenvalue weighted by atomic mass is 16.5. The van der Waals surface area contributed by atoms with Gasteiger partial charge in [0.05, 0.1) is 0 Å². The van der Waals surface area contributed by atoms with Crippen LogP contribution in [0.25, 0.3) is 0 Å². The lowest BCUT2D eigenvalue weighted by molar-refractivity contribution is -0.140. The Bertz CT molecular complexity index is 601. The van der Waals surface area contributed by atoms with Gasteiger partial charge in [-0.2, -0.15) is 0 Å². The molecule has 0 aromatic carbocycles. The third kappa shape index (κ3) is 4.23. The number of nitrogens with one attached hydrogen (secondary N) is 1. The fraction of sp³-hybridized carbons (Fsp3) is 0.588. The van der Waals surface area contributed by atoms with Gasteiger partial charge in [0, 0.05) is 19.3 Å². The third-order valence-corrected chi connectivity index (χ3v) is 3.78. The van der Waals surface area contributed by atoms with E-state index in [9.17, 15) is 9.59 Å². The van der Waals surface area contributed by atoms with Crippen LogP contribution >= 0.6 is 0 Å². The van der Waals surface area contributed by atoms with Crippen molar-refractivity contribution in [1.82, 2.24) is 10.3 Å². The van der Waals surface area contributed by atoms with Crippen molar-refractivity contribution >= 4 is 18.2 Å². The van der Waals surface area contributed by atoms with Gasteiger partial charge < -0.3 is 14.8 Å². The van der Waals surface area contributed by atoms with Gasteiger partial charge in [-0.05, 0) is 52.8 Å². The maximum atomic E-state index is 12.6. The summed E-state index contributed by atoms with van der Waals surface area (Å²) in [7, 11) is 0. The molecule has 1 aliphatic heterocycles. The second-order valence-corrected chi connectivity index (χ2v) is 6.90. The lowest BCUT2D eigenvalue weighted by Crippen LogP contribution is -2.53. The Kier molecular flexibility index (Phi) is 5.43. The van der Waals surface area contributed by atoms with Gasteiger partial charge in [0.15, 0.2) is 17.2 Å². The van der Waals surface area contributed by atoms with E-state index in [1.165, 1.54) is 0 Å². The third-order valence-electron chi connectivity index (χ3n) is 3.78. The number of anilines is 1. The lowest BCUT2D eigenvalue weighted by Gasteiger charge is -2.37. The fourth-order valence-electron chi connectivity index (χ4n) is 2.54. The molecule has 1 aromatic heterocycles. The molecule has 7 nitrogen and oxygen atoms in total. The van der Waals surface area contributed by atoms with Crippen molar-refractivity contribution in [1.29, 1.82) is 0 Å². The summed E-state index contributed by atoms with van der Waals surface area (Å²) in [6, 6.07) is 3.61. The van der Waals surface area contributed by atoms with E-state index < -0.39 is 11.2 Å². The predicted molar refractivity (Wildman–Crippen MR) is 90.0 cm³/mol. The largest absolute Gasteiger partial charge is 0.474 e. The average Bonchev–Trinajstić information content (AvgIpc) is 2.50. The lowest BCUT2D eigenvalue weighted by atomic mass is 10.1. The molecule has 1 aliphatic rings. The van der Waals surface area contributed by atoms with Crippen molar-refractivity contribution in [2.45, 2.75) is 45.3 Å². The Morgan fingerprint density at radius 2 is 2.21 bits per heavy atom. The Labute approximate surface area is 142 Å². The topological polar surface area (TPSA) is 80.8 Å². The minimum atomic E-state index is -0.900. The van der Waals surface area contributed by atoms with E-state index in [-0.39, 0.29) is 5.91 Å². The van der Waals surface area contributed by atoms with Crippen LogP contribution in [0, 0.1) is 0 Å². The van der Waals surface area contributed by atoms with E-state index in [0.717, 1.165) is 6.42 Å². The van der Waals surface area contributed by atoms with Gasteiger partial charge in [0.25, 0.3) is 12.4 Å². The molecular weight excluding hydrogens is 310 g/mol. The number of nitrogens with zero attached hydrogens (tertiary/aromatic N) is 2. The zero-order valence-corrected chi connectivity index (χ0v) is 14.7. The van der Waals surface area contributed by atoms with Gasteiger partial charge in [-0.15, -0.1) is 0 Å². The molecule has 0 saturated heterocycles. The predicted octanol–water partition coefficient (Wildman–Crippen LogP) is 1.52. The number of amides is 1. The van der Waals surface area contributed by atoms with Crippen LogP contribution in [0.3, 0.4) is 0 Å². The maximum Gasteiger partial charge on any atom is 0.293 e. The minimum absolute atomic E-state index is 0.0988. The molecule has 0 spiro atoms. The first-order valence-corrected chi connectivity index (χ1v) is 8.05. The first-order valence-electron chi connectivity index (χ1n) is 8.05. The zero-order chi connectivity index (χ0) is 17.8. The molecule has 1 amide bonds. The molecule has 1 N–H and O–H groups in total. The van der Waals surface area contributed by atoms with Crippen LogP contribution in [0.4, 0.5) is 5.82 Å². The van der Waals surface area contributed by atoms with Crippen LogP contribution in [-0.4, -0.2) is 48.2 Å². The summed E-state index contributed by atoms with van der Waals surface area (Å²) in [4.78, 5) is 29.0. The first-order chi connectivity index (χ1) is 11.3. The number of fused-ring (bicyclic) bond motifs is 1. The summed E-state index contributed by atoms with van der Waals surface area (Å²) in [5.41, 5.74) is -1.45. The molecule has 2 heterocycles. The molecule has 0 aliphatic carbocycles. The number of aromatic nitrogens is 1. The molecule has 1 aromatic rings. The van der Waals surface area contributed by atoms with Crippen LogP contribution in [0.1, 0.15) is 34.1 Å². The van der Waals surface area contributed by atoms with Gasteiger partial charge in [-0.3, -0.25) is 14.5 Å². The van der Waals surface area contributed by atoms with Crippen molar-refractivity contribution < 1.29 is 19.1 Å². The number of carbonyl (C=O) groups excluding carboxylic acids is 2. The van der Waals surface area contributed by atoms with Crippen LogP contribution in [0.5, 0.6) is 5.75 Å². The summed E-state index contributed by atoms with van der Waals surface area (Å²) in [6.45, 7) is 9.43. The minimum Gasteiger partial charge on any atom is -0.474 e. The van der Waals surface area contributed by atoms with E-state index in [1.54, 1.807) is 31.0 Å². The Balaban J connectivity index is 1.92. The SMILES string of the molecule is CC(C)(CNCCCN1C(=O)C(C)(C)Oc2cccnc21)OC=O. The number of ether oxygens (including phenoxy) is 2. The zero-order valence-electron chi connectivity index (χ0n) is 14.7. The highest BCUT2D eigenvalue weighted by Gasteiger charge is 2.41. The molecular formula is C17H25N3O4. The van der Waals surface area contributed by atoms with Gasteiger partial charge in [0.2, 0.25) is 0 Å². The standard InChI is InChI=1S/C17H25N3O4/c1-16(2,23-12-21)11-18-8-6-10-20-14-13(7-5-9-19-14)24-17(3,4)15(20)22/h5,7,9,12,18H,6,8,10-11H2,1-4H3. The van der Waals surface area contributed by atoms with E-state index in [2.05, 4.69) is 10.3 Å². The molecule has 0 bridgehead atoms. The van der Waals surface area contributed by atoms with Gasteiger partial charge >= 0.3 is 0 Å². The van der Waals surface area contributed by atoms with E-state index in [1.807, 2.05) is 19.9 Å². The Morgan fingerprint density at radius 3 is 2.92 bits per heavy atom. The molecule has 0 atom stereocenters. The van der Waals surface area contributed by atoms with Gasteiger partial charge in [0.1, 0.15) is 5.60 Å². The monoisotopic (exact) mass is 335 g/mol. The average molecular weight is 335 g/mol. The molecule has 24 heavy (non-hydrogen) atoms. The second-order valence-electron chi connectivity index (χ2n) is 6.90. The van der Waals surface area contributed by atoms with Crippen LogP contribution in [0.2, 0.25) is 0 Å². The quantitative estimate of drug-likeness (QED) is 0.573. The summed E-state index contributed by atoms with van der Waals surface area (Å²) in [5.74, 6) is 1.08. The van der Waals surface area contributed by atoms with Crippen LogP contribution in [0.15, 0.2) is 18.3 Å². The highest BCUT2D eigenvalue weighted by molar-refractivity contribution is 6.01. The molecule has 132 valence electrons. The van der Waals surface area contributed by atoms with Crippen molar-refractivity contribution in [2.24, 2.45) is 0 Å². The molecule has 0 unspecified atom stereocenters. The number of hydrogen-bond donors (Lipinski definition) is 1. The molecule has 0 radical (unpaired) electrons. The molecule has 7 heteroatoms. The normalized spacial score (nSPS) is 16.3. The summed E-state index contributed by atoms with van der Waals surface area (Å²) < 4.78 is 10.7. The van der Waals surface area contributed by atoms with Crippen molar-refractivity contribution in [3.05, 3.63) is 18.3 Å². The molecule has 0 saturated carbocycles. The summed E-state index contributed by atoms with van der Waals surface area (Å²) in [6.07, 6.45) is 2.40. The smallest absolute Gasteiger partial charge is 0.293 e. The highest BCUT2D eigenvalue weighted by Crippen LogP contribution is 2.35. The summed E-state index contributed by atoms with van der Waals surface area (Å²) in [5, 5.41) is 3.24. The fourth-order valence-corrected chi connectivity index (χ4v) is 2.54. The maximum absolute atomic E-state index is 12.6. The Morgan fingerprint density at radius 1 is 1.46 bits per heavy atom. The van der Waals surface area contributed by atoms with E-state index in [4.69, 9.17) is 9.47 Å². The van der Waals surface area contributed by atoms with Crippen molar-refractivity contribution in [3.8, 4) is 5.75 Å². The van der Waals surface area contributed by atoms with E-state index in [0.29, 0.717) is 37.7 Å². The Hall–Kier alpha value is -2.15. The summed E-state index contributed by atoms with van der Waals surface area (Å²) >= 11 is 0. The van der Waals surface area contributed by atoms with Crippen LogP contribution in [-0.2, 0) is 14.3 Å². The van der Waals surface area contributed by atoms with Crippen LogP contribution < -0.4 is 15.0 Å². The van der Waals surface area contributed by atoms with Gasteiger partial charge in [-0.1, -0.05) is 0 Å². The first kappa shape index (κ1) is 18.2. The number of rotatable bonds is 8. The van der Waals surface area contributed by atoms with E-state index >= 15 is 0 Å². The number of pyridine rings is 1. The van der Waals surface area contributed by atoms with Crippen molar-refractivity contribution in [3.63, 3.8) is 0 Å².